The number of para-hydroxylation sites is 4. The maximum absolute atomic E-state index is 9.64. The Balaban J connectivity index is 1.27. The first kappa shape index (κ1) is 28.9. The molecule has 0 N–H and O–H groups in total. The van der Waals surface area contributed by atoms with E-state index in [0.717, 1.165) is 54.7 Å². The van der Waals surface area contributed by atoms with E-state index >= 15 is 0 Å². The predicted octanol–water partition coefficient (Wildman–Crippen LogP) is 11.2. The molecule has 58 heavy (non-hydrogen) atoms. The minimum Gasteiger partial charge on any atom is -0.454 e. The Kier molecular flexibility index (Phi) is 6.39. The summed E-state index contributed by atoms with van der Waals surface area (Å²) in [6.45, 7) is 0. The molecule has 0 radical (unpaired) electrons. The molecule has 0 fully saturated rings. The number of nitrogens with zero attached hydrogens (tertiary/aromatic N) is 2. The topological polar surface area (TPSA) is 23.0 Å². The lowest BCUT2D eigenvalue weighted by Gasteiger charge is -2.34. The van der Waals surface area contributed by atoms with E-state index in [4.69, 9.17) is 7.16 Å². The van der Waals surface area contributed by atoms with Gasteiger partial charge in [-0.1, -0.05) is 176 Å². The van der Waals surface area contributed by atoms with Crippen LogP contribution >= 0.6 is 0 Å². The first-order valence-electron chi connectivity index (χ1n) is 21.6. The van der Waals surface area contributed by atoms with Crippen LogP contribution in [0.5, 0.6) is 0 Å². The summed E-state index contributed by atoms with van der Waals surface area (Å²) in [5, 5.41) is 9.97. The number of hydrogen-bond donors (Lipinski definition) is 0. The zero-order valence-electron chi connectivity index (χ0n) is 35.3. The molecule has 12 aromatic rings. The second-order valence-electron chi connectivity index (χ2n) is 14.9. The number of furan rings is 1. The van der Waals surface area contributed by atoms with Crippen LogP contribution in [0.3, 0.4) is 0 Å². The normalized spacial score (nSPS) is 13.1. The summed E-state index contributed by atoms with van der Waals surface area (Å²) in [4.78, 5) is 0. The fraction of sp³-hybridized carbons (Fsp3) is 0. The highest BCUT2D eigenvalue weighted by Crippen LogP contribution is 2.45. The minimum atomic E-state index is -2.99. The van der Waals surface area contributed by atoms with Crippen LogP contribution in [0.1, 0.15) is 5.48 Å². The van der Waals surface area contributed by atoms with Crippen molar-refractivity contribution in [2.75, 3.05) is 0 Å². The highest BCUT2D eigenvalue weighted by molar-refractivity contribution is 7.19. The smallest absolute Gasteiger partial charge is 0.179 e. The standard InChI is InChI=1S/C54H36N2OSi/c1-4-20-38(21-5-1)58(39-22-6-2-7-23-39,40-24-8-3-9-25-40)41-26-18-19-37(35-41)55-47-31-14-12-29-44(47)46-36-50(54-52(53(46)55)45-30-13-17-34-51(45)57-54)56-48-32-15-10-27-42(48)43-28-11-16-33-49(43)56/h1-36H/i12D,14D,29D,31D. The van der Waals surface area contributed by atoms with Crippen molar-refractivity contribution in [2.45, 2.75) is 0 Å². The third-order valence-electron chi connectivity index (χ3n) is 12.0. The maximum Gasteiger partial charge on any atom is 0.179 e. The van der Waals surface area contributed by atoms with E-state index in [-0.39, 0.29) is 24.2 Å². The predicted molar refractivity (Wildman–Crippen MR) is 246 cm³/mol. The molecule has 9 aromatic carbocycles. The van der Waals surface area contributed by atoms with Crippen LogP contribution < -0.4 is 20.7 Å². The molecule has 272 valence electrons. The molecule has 0 saturated carbocycles. The van der Waals surface area contributed by atoms with Crippen molar-refractivity contribution in [3.8, 4) is 11.4 Å². The lowest BCUT2D eigenvalue weighted by Crippen LogP contribution is -2.74. The van der Waals surface area contributed by atoms with Gasteiger partial charge < -0.3 is 13.6 Å². The number of fused-ring (bicyclic) bond motifs is 10. The average Bonchev–Trinajstić information content (AvgIpc) is 4.00. The number of hydrogen-bond acceptors (Lipinski definition) is 1. The van der Waals surface area contributed by atoms with Crippen LogP contribution in [-0.4, -0.2) is 17.2 Å². The maximum atomic E-state index is 9.64. The van der Waals surface area contributed by atoms with Crippen LogP contribution in [0.15, 0.2) is 223 Å². The summed E-state index contributed by atoms with van der Waals surface area (Å²) >= 11 is 0. The zero-order valence-corrected chi connectivity index (χ0v) is 32.3. The molecule has 12 rings (SSSR count). The Bertz CT molecular complexity index is 3600. The molecule has 0 bridgehead atoms. The summed E-state index contributed by atoms with van der Waals surface area (Å²) < 4.78 is 48.6. The van der Waals surface area contributed by atoms with E-state index in [2.05, 4.69) is 173 Å². The molecule has 0 saturated heterocycles. The third kappa shape index (κ3) is 4.61. The summed E-state index contributed by atoms with van der Waals surface area (Å²) in [5.74, 6) is 0. The number of aromatic nitrogens is 2. The Labute approximate surface area is 341 Å². The second-order valence-corrected chi connectivity index (χ2v) is 18.7. The van der Waals surface area contributed by atoms with E-state index in [1.807, 2.05) is 30.3 Å². The molecular weight excluding hydrogens is 721 g/mol. The van der Waals surface area contributed by atoms with E-state index in [0.29, 0.717) is 27.5 Å². The first-order valence-corrected chi connectivity index (χ1v) is 21.6. The molecule has 0 unspecified atom stereocenters. The third-order valence-corrected chi connectivity index (χ3v) is 16.7. The molecule has 3 nitrogen and oxygen atoms in total. The molecular formula is C54H36N2OSi. The van der Waals surface area contributed by atoms with E-state index in [9.17, 15) is 2.74 Å². The van der Waals surface area contributed by atoms with Gasteiger partial charge >= 0.3 is 0 Å². The molecule has 3 heterocycles. The Hall–Kier alpha value is -7.40. The molecule has 3 aromatic heterocycles. The van der Waals surface area contributed by atoms with Crippen LogP contribution in [0.4, 0.5) is 0 Å². The van der Waals surface area contributed by atoms with Gasteiger partial charge in [0, 0.05) is 32.6 Å². The summed E-state index contributed by atoms with van der Waals surface area (Å²) in [7, 11) is -2.99. The van der Waals surface area contributed by atoms with Crippen molar-refractivity contribution in [1.29, 1.82) is 0 Å². The van der Waals surface area contributed by atoms with E-state index in [1.165, 1.54) is 15.6 Å². The number of benzene rings is 9. The number of rotatable bonds is 6. The zero-order chi connectivity index (χ0) is 41.7. The summed E-state index contributed by atoms with van der Waals surface area (Å²) in [6, 6.07) is 67.1. The van der Waals surface area contributed by atoms with Gasteiger partial charge in [-0.2, -0.15) is 0 Å². The molecule has 4 heteroatoms. The van der Waals surface area contributed by atoms with Gasteiger partial charge in [-0.15, -0.1) is 0 Å². The van der Waals surface area contributed by atoms with Crippen molar-refractivity contribution < 1.29 is 9.90 Å². The summed E-state index contributed by atoms with van der Waals surface area (Å²) in [5.41, 5.74) is 6.18. The molecule has 0 amide bonds. The van der Waals surface area contributed by atoms with Crippen molar-refractivity contribution in [3.63, 3.8) is 0 Å². The van der Waals surface area contributed by atoms with Crippen molar-refractivity contribution in [3.05, 3.63) is 218 Å². The fourth-order valence-electron chi connectivity index (χ4n) is 9.62. The van der Waals surface area contributed by atoms with E-state index in [1.54, 1.807) is 0 Å². The van der Waals surface area contributed by atoms with Gasteiger partial charge in [-0.05, 0) is 63.2 Å². The van der Waals surface area contributed by atoms with Gasteiger partial charge in [-0.3, -0.25) is 0 Å². The lowest BCUT2D eigenvalue weighted by atomic mass is 10.1. The lowest BCUT2D eigenvalue weighted by molar-refractivity contribution is 0.666. The average molecular weight is 761 g/mol. The molecule has 0 spiro atoms. The molecule has 0 aliphatic rings. The van der Waals surface area contributed by atoms with Crippen LogP contribution in [0.2, 0.25) is 0 Å². The van der Waals surface area contributed by atoms with Gasteiger partial charge in [0.05, 0.1) is 38.6 Å². The van der Waals surface area contributed by atoms with Crippen molar-refractivity contribution in [2.24, 2.45) is 0 Å². The van der Waals surface area contributed by atoms with Crippen LogP contribution in [0, 0.1) is 0 Å². The Morgan fingerprint density at radius 2 is 0.948 bits per heavy atom. The van der Waals surface area contributed by atoms with Gasteiger partial charge in [-0.25, -0.2) is 0 Å². The minimum absolute atomic E-state index is 0.0807. The van der Waals surface area contributed by atoms with E-state index < -0.39 is 8.07 Å². The molecule has 0 aliphatic carbocycles. The largest absolute Gasteiger partial charge is 0.454 e. The monoisotopic (exact) mass is 760 g/mol. The Morgan fingerprint density at radius 3 is 1.59 bits per heavy atom. The van der Waals surface area contributed by atoms with Gasteiger partial charge in [0.25, 0.3) is 0 Å². The Morgan fingerprint density at radius 1 is 0.414 bits per heavy atom. The van der Waals surface area contributed by atoms with Crippen LogP contribution in [0.25, 0.3) is 76.9 Å². The SMILES string of the molecule is [2H]c1c([2H])c([2H])c2c(c1[2H])c1cc(-n3c4ccccc4c4ccccc43)c3oc4ccccc4c3c1n2-c1cccc([Si](c2ccccc2)(c2ccccc2)c2ccccc2)c1. The van der Waals surface area contributed by atoms with Gasteiger partial charge in [0.2, 0.25) is 0 Å². The molecule has 0 aliphatic heterocycles. The van der Waals surface area contributed by atoms with Gasteiger partial charge in [0.15, 0.2) is 13.7 Å². The fourth-order valence-corrected chi connectivity index (χ4v) is 14.4. The van der Waals surface area contributed by atoms with Crippen LogP contribution in [-0.2, 0) is 0 Å². The van der Waals surface area contributed by atoms with Crippen molar-refractivity contribution >= 4 is 94.4 Å². The highest BCUT2D eigenvalue weighted by atomic mass is 28.3. The highest BCUT2D eigenvalue weighted by Gasteiger charge is 2.41. The second kappa shape index (κ2) is 12.8. The van der Waals surface area contributed by atoms with Gasteiger partial charge in [0.1, 0.15) is 5.58 Å². The first-order chi connectivity index (χ1) is 30.5. The summed E-state index contributed by atoms with van der Waals surface area (Å²) in [6.07, 6.45) is 0. The molecule has 0 atom stereocenters. The van der Waals surface area contributed by atoms with Crippen molar-refractivity contribution in [1.82, 2.24) is 9.13 Å². The quantitative estimate of drug-likeness (QED) is 0.122.